The van der Waals surface area contributed by atoms with Gasteiger partial charge in [-0.1, -0.05) is 6.42 Å². The van der Waals surface area contributed by atoms with E-state index in [0.29, 0.717) is 31.8 Å². The molecular formula is C17H20O4. The Balaban J connectivity index is 1.74. The highest BCUT2D eigenvalue weighted by Gasteiger charge is 2.49. The molecule has 21 heavy (non-hydrogen) atoms. The standard InChI is InChI=1S/C17H20O4/c1-11-7-13-14(21-10-16(5-6-16)9-20-13)8-12(11)17(15(18)19)3-2-4-17/h7-8H,2-6,9-10H2,1H3,(H,18,19). The van der Waals surface area contributed by atoms with Crippen LogP contribution < -0.4 is 9.47 Å². The van der Waals surface area contributed by atoms with E-state index >= 15 is 0 Å². The molecule has 1 aromatic carbocycles. The van der Waals surface area contributed by atoms with Crippen LogP contribution in [0.3, 0.4) is 0 Å². The van der Waals surface area contributed by atoms with Crippen LogP contribution in [-0.4, -0.2) is 24.3 Å². The zero-order valence-electron chi connectivity index (χ0n) is 12.3. The number of aryl methyl sites for hydroxylation is 1. The molecule has 2 saturated carbocycles. The van der Waals surface area contributed by atoms with Crippen LogP contribution in [-0.2, 0) is 10.2 Å². The maximum Gasteiger partial charge on any atom is 0.314 e. The van der Waals surface area contributed by atoms with Crippen molar-refractivity contribution in [1.82, 2.24) is 0 Å². The predicted octanol–water partition coefficient (Wildman–Crippen LogP) is 3.05. The number of hydrogen-bond acceptors (Lipinski definition) is 3. The number of carboxylic acids is 1. The van der Waals surface area contributed by atoms with E-state index in [0.717, 1.165) is 36.1 Å². The number of fused-ring (bicyclic) bond motifs is 1. The van der Waals surface area contributed by atoms with E-state index in [-0.39, 0.29) is 5.41 Å². The normalized spacial score (nSPS) is 24.0. The third-order valence-corrected chi connectivity index (χ3v) is 5.45. The second kappa shape index (κ2) is 4.15. The van der Waals surface area contributed by atoms with E-state index in [9.17, 15) is 9.90 Å². The van der Waals surface area contributed by atoms with E-state index < -0.39 is 11.4 Å². The molecule has 3 aliphatic rings. The van der Waals surface area contributed by atoms with Crippen molar-refractivity contribution in [2.24, 2.45) is 5.41 Å². The topological polar surface area (TPSA) is 55.8 Å². The van der Waals surface area contributed by atoms with Gasteiger partial charge in [0.15, 0.2) is 11.5 Å². The fourth-order valence-corrected chi connectivity index (χ4v) is 3.50. The first-order valence-corrected chi connectivity index (χ1v) is 7.69. The summed E-state index contributed by atoms with van der Waals surface area (Å²) in [7, 11) is 0. The van der Waals surface area contributed by atoms with Gasteiger partial charge in [-0.05, 0) is 55.9 Å². The average Bonchev–Trinajstić information content (AvgIpc) is 3.17. The summed E-state index contributed by atoms with van der Waals surface area (Å²) in [5.41, 5.74) is 1.38. The molecule has 1 aliphatic heterocycles. The third kappa shape index (κ3) is 1.84. The Kier molecular flexibility index (Phi) is 2.57. The second-order valence-corrected chi connectivity index (χ2v) is 6.93. The molecule has 0 unspecified atom stereocenters. The van der Waals surface area contributed by atoms with E-state index in [2.05, 4.69) is 0 Å². The number of ether oxygens (including phenoxy) is 2. The minimum Gasteiger partial charge on any atom is -0.489 e. The van der Waals surface area contributed by atoms with Crippen molar-refractivity contribution >= 4 is 5.97 Å². The first-order chi connectivity index (χ1) is 10.0. The lowest BCUT2D eigenvalue weighted by atomic mass is 9.63. The Hall–Kier alpha value is -1.71. The molecule has 1 heterocycles. The maximum absolute atomic E-state index is 11.7. The van der Waals surface area contributed by atoms with Crippen LogP contribution in [0.2, 0.25) is 0 Å². The van der Waals surface area contributed by atoms with Gasteiger partial charge in [-0.25, -0.2) is 0 Å². The number of rotatable bonds is 2. The first kappa shape index (κ1) is 13.0. The summed E-state index contributed by atoms with van der Waals surface area (Å²) in [6.45, 7) is 3.37. The van der Waals surface area contributed by atoms with Crippen molar-refractivity contribution in [3.8, 4) is 11.5 Å². The van der Waals surface area contributed by atoms with E-state index in [1.807, 2.05) is 19.1 Å². The van der Waals surface area contributed by atoms with Crippen molar-refractivity contribution in [1.29, 1.82) is 0 Å². The zero-order valence-corrected chi connectivity index (χ0v) is 12.3. The quantitative estimate of drug-likeness (QED) is 0.908. The van der Waals surface area contributed by atoms with Crippen LogP contribution in [0, 0.1) is 12.3 Å². The van der Waals surface area contributed by atoms with Gasteiger partial charge in [0.25, 0.3) is 0 Å². The number of aliphatic carboxylic acids is 1. The molecule has 1 spiro atoms. The summed E-state index contributed by atoms with van der Waals surface area (Å²) in [5, 5.41) is 9.64. The highest BCUT2D eigenvalue weighted by Crippen LogP contribution is 2.51. The predicted molar refractivity (Wildman–Crippen MR) is 77.0 cm³/mol. The van der Waals surface area contributed by atoms with Crippen LogP contribution in [0.1, 0.15) is 43.2 Å². The van der Waals surface area contributed by atoms with Crippen LogP contribution in [0.25, 0.3) is 0 Å². The van der Waals surface area contributed by atoms with Gasteiger partial charge >= 0.3 is 5.97 Å². The van der Waals surface area contributed by atoms with Crippen molar-refractivity contribution < 1.29 is 19.4 Å². The molecule has 0 atom stereocenters. The van der Waals surface area contributed by atoms with Gasteiger partial charge in [0.2, 0.25) is 0 Å². The monoisotopic (exact) mass is 288 g/mol. The number of carboxylic acid groups (broad SMARTS) is 1. The van der Waals surface area contributed by atoms with Crippen LogP contribution in [0.15, 0.2) is 12.1 Å². The van der Waals surface area contributed by atoms with Gasteiger partial charge in [-0.3, -0.25) is 4.79 Å². The smallest absolute Gasteiger partial charge is 0.314 e. The second-order valence-electron chi connectivity index (χ2n) is 6.93. The molecule has 4 rings (SSSR count). The Morgan fingerprint density at radius 3 is 2.19 bits per heavy atom. The fourth-order valence-electron chi connectivity index (χ4n) is 3.50. The average molecular weight is 288 g/mol. The van der Waals surface area contributed by atoms with Gasteiger partial charge in [0.1, 0.15) is 0 Å². The number of carbonyl (C=O) groups is 1. The lowest BCUT2D eigenvalue weighted by molar-refractivity contribution is -0.147. The van der Waals surface area contributed by atoms with Crippen LogP contribution in [0.4, 0.5) is 0 Å². The number of hydrogen-bond donors (Lipinski definition) is 1. The summed E-state index contributed by atoms with van der Waals surface area (Å²) >= 11 is 0. The van der Waals surface area contributed by atoms with Gasteiger partial charge < -0.3 is 14.6 Å². The van der Waals surface area contributed by atoms with E-state index in [4.69, 9.17) is 9.47 Å². The molecule has 0 saturated heterocycles. The van der Waals surface area contributed by atoms with Gasteiger partial charge in [0.05, 0.1) is 18.6 Å². The molecular weight excluding hydrogens is 268 g/mol. The van der Waals surface area contributed by atoms with Gasteiger partial charge in [0, 0.05) is 5.41 Å². The molecule has 0 radical (unpaired) electrons. The molecule has 4 heteroatoms. The van der Waals surface area contributed by atoms with Gasteiger partial charge in [-0.2, -0.15) is 0 Å². The SMILES string of the molecule is Cc1cc2c(cc1C1(C(=O)O)CCC1)OCC1(CC1)CO2. The molecule has 4 nitrogen and oxygen atoms in total. The molecule has 0 amide bonds. The Morgan fingerprint density at radius 1 is 1.10 bits per heavy atom. The molecule has 0 aromatic heterocycles. The lowest BCUT2D eigenvalue weighted by Crippen LogP contribution is -2.42. The highest BCUT2D eigenvalue weighted by atomic mass is 16.5. The summed E-state index contributed by atoms with van der Waals surface area (Å²) in [4.78, 5) is 11.7. The minimum atomic E-state index is -0.718. The third-order valence-electron chi connectivity index (χ3n) is 5.45. The lowest BCUT2D eigenvalue weighted by Gasteiger charge is -2.39. The summed E-state index contributed by atoms with van der Waals surface area (Å²) in [6, 6.07) is 3.87. The highest BCUT2D eigenvalue weighted by molar-refractivity contribution is 5.83. The molecule has 0 bridgehead atoms. The van der Waals surface area contributed by atoms with Crippen LogP contribution >= 0.6 is 0 Å². The fraction of sp³-hybridized carbons (Fsp3) is 0.588. The van der Waals surface area contributed by atoms with Crippen molar-refractivity contribution in [3.05, 3.63) is 23.3 Å². The van der Waals surface area contributed by atoms with Crippen LogP contribution in [0.5, 0.6) is 11.5 Å². The Labute approximate surface area is 124 Å². The Morgan fingerprint density at radius 2 is 1.71 bits per heavy atom. The summed E-state index contributed by atoms with van der Waals surface area (Å²) in [5.74, 6) is 0.761. The van der Waals surface area contributed by atoms with Gasteiger partial charge in [-0.15, -0.1) is 0 Å². The van der Waals surface area contributed by atoms with Crippen molar-refractivity contribution in [2.45, 2.75) is 44.4 Å². The van der Waals surface area contributed by atoms with Crippen molar-refractivity contribution in [2.75, 3.05) is 13.2 Å². The van der Waals surface area contributed by atoms with E-state index in [1.54, 1.807) is 0 Å². The molecule has 1 N–H and O–H groups in total. The number of benzene rings is 1. The molecule has 1 aromatic rings. The zero-order chi connectivity index (χ0) is 14.7. The van der Waals surface area contributed by atoms with Crippen molar-refractivity contribution in [3.63, 3.8) is 0 Å². The molecule has 2 aliphatic carbocycles. The molecule has 112 valence electrons. The minimum absolute atomic E-state index is 0.202. The Bertz CT molecular complexity index is 611. The first-order valence-electron chi connectivity index (χ1n) is 7.69. The van der Waals surface area contributed by atoms with E-state index in [1.165, 1.54) is 0 Å². The maximum atomic E-state index is 11.7. The summed E-state index contributed by atoms with van der Waals surface area (Å²) < 4.78 is 11.9. The summed E-state index contributed by atoms with van der Waals surface area (Å²) in [6.07, 6.45) is 4.72. The molecule has 2 fully saturated rings. The largest absolute Gasteiger partial charge is 0.489 e.